The normalized spacial score (nSPS) is 9.96. The van der Waals surface area contributed by atoms with Crippen molar-refractivity contribution in [2.75, 3.05) is 19.5 Å². The first-order valence-electron chi connectivity index (χ1n) is 7.19. The van der Waals surface area contributed by atoms with Crippen LogP contribution in [0.25, 0.3) is 0 Å². The van der Waals surface area contributed by atoms with Gasteiger partial charge in [0.05, 0.1) is 25.9 Å². The quantitative estimate of drug-likeness (QED) is 0.752. The number of halogens is 1. The van der Waals surface area contributed by atoms with Crippen LogP contribution in [0.2, 0.25) is 0 Å². The lowest BCUT2D eigenvalue weighted by Gasteiger charge is -2.14. The van der Waals surface area contributed by atoms with Gasteiger partial charge in [0.1, 0.15) is 0 Å². The van der Waals surface area contributed by atoms with E-state index in [4.69, 9.17) is 14.7 Å². The third-order valence-electron chi connectivity index (χ3n) is 3.55. The average molecular weight is 389 g/mol. The summed E-state index contributed by atoms with van der Waals surface area (Å²) >= 11 is 3.51. The number of ketones is 1. The number of nitrogens with one attached hydrogen (secondary N) is 1. The summed E-state index contributed by atoms with van der Waals surface area (Å²) in [6, 6.07) is 10.7. The molecule has 0 spiro atoms. The van der Waals surface area contributed by atoms with Crippen LogP contribution in [0.5, 0.6) is 11.5 Å². The van der Waals surface area contributed by atoms with Gasteiger partial charge in [-0.15, -0.1) is 0 Å². The summed E-state index contributed by atoms with van der Waals surface area (Å²) in [6.07, 6.45) is 0. The highest BCUT2D eigenvalue weighted by Gasteiger charge is 2.12. The third-order valence-corrected chi connectivity index (χ3v) is 4.29. The van der Waals surface area contributed by atoms with Crippen molar-refractivity contribution in [3.05, 3.63) is 51.5 Å². The topological polar surface area (TPSA) is 71.3 Å². The molecule has 0 fully saturated rings. The molecule has 2 rings (SSSR count). The summed E-state index contributed by atoms with van der Waals surface area (Å²) in [7, 11) is 3.15. The van der Waals surface area contributed by atoms with Gasteiger partial charge in [-0.25, -0.2) is 0 Å². The van der Waals surface area contributed by atoms with Crippen LogP contribution in [0.4, 0.5) is 5.69 Å². The van der Waals surface area contributed by atoms with Crippen molar-refractivity contribution in [2.24, 2.45) is 0 Å². The highest BCUT2D eigenvalue weighted by atomic mass is 79.9. The monoisotopic (exact) mass is 388 g/mol. The maximum absolute atomic E-state index is 11.8. The molecule has 2 aromatic carbocycles. The van der Waals surface area contributed by atoms with Crippen molar-refractivity contribution in [1.29, 1.82) is 5.26 Å². The van der Waals surface area contributed by atoms with E-state index >= 15 is 0 Å². The predicted octanol–water partition coefficient (Wildman–Crippen LogP) is 4.15. The van der Waals surface area contributed by atoms with Gasteiger partial charge in [-0.1, -0.05) is 15.9 Å². The van der Waals surface area contributed by atoms with E-state index in [1.807, 2.05) is 12.1 Å². The van der Waals surface area contributed by atoms with E-state index in [0.29, 0.717) is 34.9 Å². The lowest BCUT2D eigenvalue weighted by atomic mass is 10.1. The van der Waals surface area contributed by atoms with Gasteiger partial charge < -0.3 is 14.8 Å². The van der Waals surface area contributed by atoms with E-state index in [-0.39, 0.29) is 5.78 Å². The van der Waals surface area contributed by atoms with Gasteiger partial charge in [0.25, 0.3) is 0 Å². The minimum atomic E-state index is -0.0617. The number of carbonyl (C=O) groups is 1. The van der Waals surface area contributed by atoms with E-state index in [0.717, 1.165) is 10.0 Å². The van der Waals surface area contributed by atoms with Gasteiger partial charge in [0.2, 0.25) is 0 Å². The Morgan fingerprint density at radius 1 is 1.21 bits per heavy atom. The molecule has 0 saturated carbocycles. The zero-order valence-corrected chi connectivity index (χ0v) is 15.2. The molecule has 1 N–H and O–H groups in total. The molecule has 0 saturated heterocycles. The standard InChI is InChI=1S/C18H17BrN2O3/c1-11(22)14-5-4-12(9-20)6-16(14)21-10-13-7-17(23-2)18(24-3)8-15(13)19/h4-8,21H,10H2,1-3H3. The first-order chi connectivity index (χ1) is 11.5. The highest BCUT2D eigenvalue weighted by Crippen LogP contribution is 2.33. The molecular weight excluding hydrogens is 372 g/mol. The van der Waals surface area contributed by atoms with E-state index in [1.165, 1.54) is 6.92 Å². The van der Waals surface area contributed by atoms with Crippen LogP contribution in [0.3, 0.4) is 0 Å². The van der Waals surface area contributed by atoms with Crippen LogP contribution < -0.4 is 14.8 Å². The molecule has 0 heterocycles. The molecular formula is C18H17BrN2O3. The maximum Gasteiger partial charge on any atom is 0.161 e. The van der Waals surface area contributed by atoms with E-state index in [9.17, 15) is 4.79 Å². The average Bonchev–Trinajstić information content (AvgIpc) is 2.59. The molecule has 0 atom stereocenters. The number of Topliss-reactive ketones (excluding diaryl/α,β-unsaturated/α-hetero) is 1. The Labute approximate surface area is 149 Å². The number of hydrogen-bond donors (Lipinski definition) is 1. The molecule has 24 heavy (non-hydrogen) atoms. The first-order valence-corrected chi connectivity index (χ1v) is 7.98. The van der Waals surface area contributed by atoms with Crippen LogP contribution in [0.1, 0.15) is 28.4 Å². The summed E-state index contributed by atoms with van der Waals surface area (Å²) in [5.41, 5.74) is 2.60. The van der Waals surface area contributed by atoms with Crippen molar-refractivity contribution in [3.63, 3.8) is 0 Å². The van der Waals surface area contributed by atoms with E-state index in [2.05, 4.69) is 27.3 Å². The summed E-state index contributed by atoms with van der Waals surface area (Å²) in [6.45, 7) is 1.95. The number of carbonyl (C=O) groups excluding carboxylic acids is 1. The molecule has 124 valence electrons. The Morgan fingerprint density at radius 2 is 1.88 bits per heavy atom. The zero-order valence-electron chi connectivity index (χ0n) is 13.6. The number of nitriles is 1. The fourth-order valence-electron chi connectivity index (χ4n) is 2.29. The van der Waals surface area contributed by atoms with Gasteiger partial charge in [-0.3, -0.25) is 4.79 Å². The fourth-order valence-corrected chi connectivity index (χ4v) is 2.75. The molecule has 0 aliphatic carbocycles. The molecule has 2 aromatic rings. The Bertz CT molecular complexity index is 813. The zero-order chi connectivity index (χ0) is 17.7. The van der Waals surface area contributed by atoms with Crippen LogP contribution in [-0.4, -0.2) is 20.0 Å². The summed E-state index contributed by atoms with van der Waals surface area (Å²) in [5.74, 6) is 1.19. The first kappa shape index (κ1) is 17.8. The Hall–Kier alpha value is -2.52. The number of rotatable bonds is 6. The molecule has 6 heteroatoms. The number of anilines is 1. The molecule has 0 unspecified atom stereocenters. The minimum Gasteiger partial charge on any atom is -0.493 e. The second-order valence-corrected chi connectivity index (χ2v) is 5.93. The number of benzene rings is 2. The lowest BCUT2D eigenvalue weighted by Crippen LogP contribution is -2.06. The Kier molecular flexibility index (Phi) is 5.83. The van der Waals surface area contributed by atoms with Gasteiger partial charge in [-0.05, 0) is 42.8 Å². The van der Waals surface area contributed by atoms with Crippen molar-refractivity contribution in [2.45, 2.75) is 13.5 Å². The van der Waals surface area contributed by atoms with Crippen LogP contribution >= 0.6 is 15.9 Å². The predicted molar refractivity (Wildman–Crippen MR) is 95.7 cm³/mol. The van der Waals surface area contributed by atoms with Crippen LogP contribution in [0, 0.1) is 11.3 Å². The van der Waals surface area contributed by atoms with Gasteiger partial charge >= 0.3 is 0 Å². The Balaban J connectivity index is 2.31. The number of hydrogen-bond acceptors (Lipinski definition) is 5. The van der Waals surface area contributed by atoms with Crippen molar-refractivity contribution < 1.29 is 14.3 Å². The molecule has 0 aromatic heterocycles. The van der Waals surface area contributed by atoms with E-state index < -0.39 is 0 Å². The van der Waals surface area contributed by atoms with Gasteiger partial charge in [-0.2, -0.15) is 5.26 Å². The lowest BCUT2D eigenvalue weighted by molar-refractivity contribution is 0.101. The third kappa shape index (κ3) is 3.87. The largest absolute Gasteiger partial charge is 0.493 e. The molecule has 0 aliphatic heterocycles. The fraction of sp³-hybridized carbons (Fsp3) is 0.222. The minimum absolute atomic E-state index is 0.0617. The van der Waals surface area contributed by atoms with Gasteiger partial charge in [0.15, 0.2) is 17.3 Å². The number of ether oxygens (including phenoxy) is 2. The summed E-state index contributed by atoms with van der Waals surface area (Å²) in [4.78, 5) is 11.8. The Morgan fingerprint density at radius 3 is 2.46 bits per heavy atom. The second kappa shape index (κ2) is 7.84. The summed E-state index contributed by atoms with van der Waals surface area (Å²) in [5, 5.41) is 12.3. The molecule has 0 amide bonds. The summed E-state index contributed by atoms with van der Waals surface area (Å²) < 4.78 is 11.4. The highest BCUT2D eigenvalue weighted by molar-refractivity contribution is 9.10. The van der Waals surface area contributed by atoms with Crippen molar-refractivity contribution in [1.82, 2.24) is 0 Å². The SMILES string of the molecule is COc1cc(Br)c(CNc2cc(C#N)ccc2C(C)=O)cc1OC. The second-order valence-electron chi connectivity index (χ2n) is 5.08. The van der Waals surface area contributed by atoms with Crippen molar-refractivity contribution in [3.8, 4) is 17.6 Å². The smallest absolute Gasteiger partial charge is 0.161 e. The molecule has 0 aliphatic rings. The maximum atomic E-state index is 11.8. The molecule has 0 bridgehead atoms. The number of methoxy groups -OCH3 is 2. The van der Waals surface area contributed by atoms with E-state index in [1.54, 1.807) is 32.4 Å². The molecule has 5 nitrogen and oxygen atoms in total. The van der Waals surface area contributed by atoms with Crippen LogP contribution in [-0.2, 0) is 6.54 Å². The molecule has 0 radical (unpaired) electrons. The number of nitrogens with zero attached hydrogens (tertiary/aromatic N) is 1. The van der Waals surface area contributed by atoms with Crippen LogP contribution in [0.15, 0.2) is 34.8 Å². The van der Waals surface area contributed by atoms with Crippen molar-refractivity contribution >= 4 is 27.4 Å². The van der Waals surface area contributed by atoms with Gasteiger partial charge in [0, 0.05) is 22.3 Å².